The molecule has 2 N–H and O–H groups in total. The summed E-state index contributed by atoms with van der Waals surface area (Å²) < 4.78 is 5.71. The van der Waals surface area contributed by atoms with Gasteiger partial charge < -0.3 is 15.0 Å². The van der Waals surface area contributed by atoms with E-state index in [1.807, 2.05) is 0 Å². The zero-order valence-corrected chi connectivity index (χ0v) is 17.3. The van der Waals surface area contributed by atoms with E-state index in [-0.39, 0.29) is 36.8 Å². The molecule has 1 atom stereocenters. The third-order valence-electron chi connectivity index (χ3n) is 6.12. The number of imide groups is 1. The molecule has 3 aliphatic rings. The molecular formula is C23H22N4O5. The average Bonchev–Trinajstić information content (AvgIpc) is 3.07. The highest BCUT2D eigenvalue weighted by Crippen LogP contribution is 2.30. The molecule has 0 bridgehead atoms. The third kappa shape index (κ3) is 3.81. The summed E-state index contributed by atoms with van der Waals surface area (Å²) in [6.45, 7) is 0.249. The van der Waals surface area contributed by atoms with E-state index in [1.165, 1.54) is 17.5 Å². The second-order valence-electron chi connectivity index (χ2n) is 8.28. The van der Waals surface area contributed by atoms with Crippen LogP contribution in [0.5, 0.6) is 5.88 Å². The normalized spacial score (nSPS) is 20.4. The van der Waals surface area contributed by atoms with Gasteiger partial charge in [-0.2, -0.15) is 0 Å². The Bertz CT molecular complexity index is 1110. The predicted molar refractivity (Wildman–Crippen MR) is 113 cm³/mol. The third-order valence-corrected chi connectivity index (χ3v) is 6.12. The van der Waals surface area contributed by atoms with Crippen LogP contribution >= 0.6 is 0 Å². The summed E-state index contributed by atoms with van der Waals surface area (Å²) >= 11 is 0. The molecule has 1 saturated heterocycles. The maximum Gasteiger partial charge on any atom is 0.257 e. The highest BCUT2D eigenvalue weighted by atomic mass is 16.5. The van der Waals surface area contributed by atoms with Gasteiger partial charge in [-0.1, -0.05) is 0 Å². The predicted octanol–water partition coefficient (Wildman–Crippen LogP) is 2.03. The fourth-order valence-electron chi connectivity index (χ4n) is 4.10. The van der Waals surface area contributed by atoms with Gasteiger partial charge in [-0.25, -0.2) is 4.98 Å². The van der Waals surface area contributed by atoms with E-state index >= 15 is 0 Å². The summed E-state index contributed by atoms with van der Waals surface area (Å²) in [5, 5.41) is 5.11. The smallest absolute Gasteiger partial charge is 0.257 e. The molecule has 4 amide bonds. The van der Waals surface area contributed by atoms with Crippen LogP contribution in [0.4, 0.5) is 5.69 Å². The lowest BCUT2D eigenvalue weighted by Gasteiger charge is -2.29. The highest BCUT2D eigenvalue weighted by Gasteiger charge is 2.39. The van der Waals surface area contributed by atoms with E-state index in [0.717, 1.165) is 18.4 Å². The first-order chi connectivity index (χ1) is 15.5. The van der Waals surface area contributed by atoms with E-state index in [2.05, 4.69) is 15.6 Å². The number of anilines is 1. The van der Waals surface area contributed by atoms with Crippen LogP contribution in [0.2, 0.25) is 0 Å². The van der Waals surface area contributed by atoms with Crippen molar-refractivity contribution in [2.75, 3.05) is 5.32 Å². The number of piperidine rings is 1. The van der Waals surface area contributed by atoms with Gasteiger partial charge in [0.2, 0.25) is 17.7 Å². The number of nitrogens with zero attached hydrogens (tertiary/aromatic N) is 2. The SMILES string of the molecule is O=C1CCC(N2Cc3cc(NC(=O)c4ccc(OC5CCC5)nc4)ccc3C2=O)C(=O)N1. The fourth-order valence-corrected chi connectivity index (χ4v) is 4.10. The number of carbonyl (C=O) groups is 4. The van der Waals surface area contributed by atoms with Gasteiger partial charge >= 0.3 is 0 Å². The number of amides is 4. The number of rotatable bonds is 5. The van der Waals surface area contributed by atoms with Crippen LogP contribution in [-0.2, 0) is 16.1 Å². The number of aromatic nitrogens is 1. The lowest BCUT2D eigenvalue weighted by Crippen LogP contribution is -2.52. The van der Waals surface area contributed by atoms with Crippen LogP contribution in [-0.4, -0.2) is 45.7 Å². The van der Waals surface area contributed by atoms with Crippen LogP contribution in [0.25, 0.3) is 0 Å². The van der Waals surface area contributed by atoms with Crippen molar-refractivity contribution in [1.29, 1.82) is 0 Å². The van der Waals surface area contributed by atoms with Crippen molar-refractivity contribution in [2.24, 2.45) is 0 Å². The number of benzene rings is 1. The Labute approximate surface area is 184 Å². The zero-order chi connectivity index (χ0) is 22.2. The molecule has 32 heavy (non-hydrogen) atoms. The average molecular weight is 434 g/mol. The molecule has 1 saturated carbocycles. The molecule has 5 rings (SSSR count). The Hall–Kier alpha value is -3.75. The number of pyridine rings is 1. The van der Waals surface area contributed by atoms with Gasteiger partial charge in [0.25, 0.3) is 11.8 Å². The largest absolute Gasteiger partial charge is 0.474 e. The Balaban J connectivity index is 1.25. The lowest BCUT2D eigenvalue weighted by molar-refractivity contribution is -0.136. The van der Waals surface area contributed by atoms with E-state index in [4.69, 9.17) is 4.74 Å². The van der Waals surface area contributed by atoms with Crippen LogP contribution < -0.4 is 15.4 Å². The Kier molecular flexibility index (Phi) is 5.08. The second-order valence-corrected chi connectivity index (χ2v) is 8.28. The molecule has 2 fully saturated rings. The van der Waals surface area contributed by atoms with Crippen molar-refractivity contribution >= 4 is 29.3 Å². The minimum absolute atomic E-state index is 0.205. The summed E-state index contributed by atoms with van der Waals surface area (Å²) in [6, 6.07) is 7.72. The lowest BCUT2D eigenvalue weighted by atomic mass is 9.96. The zero-order valence-electron chi connectivity index (χ0n) is 17.3. The Morgan fingerprint density at radius 1 is 1.12 bits per heavy atom. The molecule has 1 aromatic heterocycles. The first-order valence-corrected chi connectivity index (χ1v) is 10.7. The van der Waals surface area contributed by atoms with E-state index in [9.17, 15) is 19.2 Å². The standard InChI is InChI=1S/C23H22N4O5/c28-19-8-7-18(22(30)26-19)27-12-14-10-15(5-6-17(14)23(27)31)25-21(29)13-4-9-20(24-11-13)32-16-2-1-3-16/h4-6,9-11,16,18H,1-3,7-8,12H2,(H,25,29)(H,26,28,30). The molecule has 164 valence electrons. The minimum atomic E-state index is -0.669. The summed E-state index contributed by atoms with van der Waals surface area (Å²) in [4.78, 5) is 54.6. The maximum atomic E-state index is 12.8. The molecule has 1 aliphatic carbocycles. The molecule has 2 aromatic rings. The Morgan fingerprint density at radius 3 is 2.66 bits per heavy atom. The minimum Gasteiger partial charge on any atom is -0.474 e. The fraction of sp³-hybridized carbons (Fsp3) is 0.348. The van der Waals surface area contributed by atoms with Crippen LogP contribution in [0.15, 0.2) is 36.5 Å². The molecular weight excluding hydrogens is 412 g/mol. The highest BCUT2D eigenvalue weighted by molar-refractivity contribution is 6.07. The molecule has 2 aliphatic heterocycles. The number of carbonyl (C=O) groups excluding carboxylic acids is 4. The number of hydrogen-bond donors (Lipinski definition) is 2. The molecule has 0 radical (unpaired) electrons. The topological polar surface area (TPSA) is 118 Å². The van der Waals surface area contributed by atoms with Crippen molar-refractivity contribution in [3.05, 3.63) is 53.2 Å². The van der Waals surface area contributed by atoms with Crippen LogP contribution in [0, 0.1) is 0 Å². The second kappa shape index (κ2) is 8.07. The van der Waals surface area contributed by atoms with Gasteiger partial charge in [-0.3, -0.25) is 24.5 Å². The molecule has 1 aromatic carbocycles. The summed E-state index contributed by atoms with van der Waals surface area (Å²) in [7, 11) is 0. The van der Waals surface area contributed by atoms with Crippen LogP contribution in [0.1, 0.15) is 58.4 Å². The summed E-state index contributed by atoms with van der Waals surface area (Å²) in [5.74, 6) is -0.834. The van der Waals surface area contributed by atoms with Crippen molar-refractivity contribution in [2.45, 2.75) is 50.8 Å². The van der Waals surface area contributed by atoms with Gasteiger partial charge in [-0.05, 0) is 55.5 Å². The van der Waals surface area contributed by atoms with Crippen LogP contribution in [0.3, 0.4) is 0 Å². The Morgan fingerprint density at radius 2 is 1.97 bits per heavy atom. The number of nitrogens with one attached hydrogen (secondary N) is 2. The summed E-state index contributed by atoms with van der Waals surface area (Å²) in [5.41, 5.74) is 2.15. The first-order valence-electron chi connectivity index (χ1n) is 10.7. The van der Waals surface area contributed by atoms with E-state index < -0.39 is 11.9 Å². The van der Waals surface area contributed by atoms with E-state index in [1.54, 1.807) is 30.3 Å². The monoisotopic (exact) mass is 434 g/mol. The quantitative estimate of drug-likeness (QED) is 0.696. The van der Waals surface area contributed by atoms with Crippen molar-refractivity contribution in [3.8, 4) is 5.88 Å². The number of hydrogen-bond acceptors (Lipinski definition) is 6. The van der Waals surface area contributed by atoms with Crippen molar-refractivity contribution in [3.63, 3.8) is 0 Å². The van der Waals surface area contributed by atoms with E-state index in [0.29, 0.717) is 29.1 Å². The summed E-state index contributed by atoms with van der Waals surface area (Å²) in [6.07, 6.45) is 5.44. The van der Waals surface area contributed by atoms with Gasteiger partial charge in [0.15, 0.2) is 0 Å². The molecule has 9 nitrogen and oxygen atoms in total. The number of ether oxygens (including phenoxy) is 1. The molecule has 1 unspecified atom stereocenters. The van der Waals surface area contributed by atoms with Gasteiger partial charge in [0, 0.05) is 36.5 Å². The number of fused-ring (bicyclic) bond motifs is 1. The van der Waals surface area contributed by atoms with Gasteiger partial charge in [-0.15, -0.1) is 0 Å². The molecule has 3 heterocycles. The van der Waals surface area contributed by atoms with Gasteiger partial charge in [0.05, 0.1) is 5.56 Å². The van der Waals surface area contributed by atoms with Gasteiger partial charge in [0.1, 0.15) is 12.1 Å². The first kappa shape index (κ1) is 20.2. The molecule has 0 spiro atoms. The van der Waals surface area contributed by atoms with Crippen molar-refractivity contribution in [1.82, 2.24) is 15.2 Å². The van der Waals surface area contributed by atoms with Crippen molar-refractivity contribution < 1.29 is 23.9 Å². The molecule has 9 heteroatoms. The maximum absolute atomic E-state index is 12.8.